The number of hydrogen-bond acceptors (Lipinski definition) is 2. The van der Waals surface area contributed by atoms with Crippen LogP contribution in [-0.2, 0) is 0 Å². The van der Waals surface area contributed by atoms with Crippen LogP contribution in [0.2, 0.25) is 0 Å². The minimum Gasteiger partial charge on any atom is -0.431 e. The summed E-state index contributed by atoms with van der Waals surface area (Å²) in [4.78, 5) is 10.8. The fraction of sp³-hybridized carbons (Fsp3) is 0.100. The highest BCUT2D eigenvalue weighted by atomic mass is 16.4. The average molecular weight is 160 g/mol. The topological polar surface area (TPSA) is 30.2 Å². The summed E-state index contributed by atoms with van der Waals surface area (Å²) in [6, 6.07) is 7.39. The van der Waals surface area contributed by atoms with Gasteiger partial charge in [0.25, 0.3) is 0 Å². The van der Waals surface area contributed by atoms with E-state index in [9.17, 15) is 4.79 Å². The smallest absolute Gasteiger partial charge is 0.336 e. The van der Waals surface area contributed by atoms with Crippen molar-refractivity contribution in [3.05, 3.63) is 46.5 Å². The Bertz CT molecular complexity index is 468. The monoisotopic (exact) mass is 160 g/mol. The van der Waals surface area contributed by atoms with Crippen LogP contribution in [0.3, 0.4) is 0 Å². The van der Waals surface area contributed by atoms with E-state index in [1.54, 1.807) is 0 Å². The Hall–Kier alpha value is -1.57. The van der Waals surface area contributed by atoms with Crippen LogP contribution in [0.15, 0.2) is 39.7 Å². The van der Waals surface area contributed by atoms with Crippen LogP contribution in [0.1, 0.15) is 5.56 Å². The van der Waals surface area contributed by atoms with Gasteiger partial charge in [-0.2, -0.15) is 0 Å². The second-order valence-electron chi connectivity index (χ2n) is 2.83. The minimum atomic E-state index is -0.298. The highest BCUT2D eigenvalue weighted by Crippen LogP contribution is 2.12. The standard InChI is InChI=1S/C10H8O2/c1-7-2-3-8-6-12-10(11)5-9(8)4-7/h2-6H,1H3. The van der Waals surface area contributed by atoms with Crippen LogP contribution in [0, 0.1) is 6.92 Å². The van der Waals surface area contributed by atoms with Crippen molar-refractivity contribution in [1.82, 2.24) is 0 Å². The van der Waals surface area contributed by atoms with Gasteiger partial charge < -0.3 is 4.42 Å². The lowest BCUT2D eigenvalue weighted by Gasteiger charge is -1.95. The Morgan fingerprint density at radius 2 is 2.00 bits per heavy atom. The molecule has 1 aromatic carbocycles. The molecule has 2 aromatic rings. The second-order valence-corrected chi connectivity index (χ2v) is 2.83. The lowest BCUT2D eigenvalue weighted by molar-refractivity contribution is 0.518. The van der Waals surface area contributed by atoms with Crippen molar-refractivity contribution in [3.8, 4) is 0 Å². The van der Waals surface area contributed by atoms with E-state index in [0.717, 1.165) is 16.3 Å². The molecule has 0 aliphatic rings. The van der Waals surface area contributed by atoms with Crippen LogP contribution < -0.4 is 5.63 Å². The summed E-state index contributed by atoms with van der Waals surface area (Å²) in [6.07, 6.45) is 1.48. The third kappa shape index (κ3) is 1.11. The van der Waals surface area contributed by atoms with Crippen molar-refractivity contribution in [2.75, 3.05) is 0 Å². The van der Waals surface area contributed by atoms with Crippen LogP contribution in [0.25, 0.3) is 10.8 Å². The van der Waals surface area contributed by atoms with Crippen molar-refractivity contribution in [3.63, 3.8) is 0 Å². The zero-order valence-electron chi connectivity index (χ0n) is 6.70. The van der Waals surface area contributed by atoms with E-state index in [2.05, 4.69) is 0 Å². The Labute approximate surface area is 69.4 Å². The molecular formula is C10H8O2. The molecule has 2 heteroatoms. The molecule has 0 fully saturated rings. The van der Waals surface area contributed by atoms with E-state index in [4.69, 9.17) is 4.42 Å². The van der Waals surface area contributed by atoms with Crippen LogP contribution in [0.4, 0.5) is 0 Å². The molecule has 0 unspecified atom stereocenters. The first-order chi connectivity index (χ1) is 5.75. The Kier molecular flexibility index (Phi) is 1.47. The molecule has 0 saturated heterocycles. The summed E-state index contributed by atoms with van der Waals surface area (Å²) in [6.45, 7) is 1.99. The van der Waals surface area contributed by atoms with Gasteiger partial charge in [0.15, 0.2) is 0 Å². The summed E-state index contributed by atoms with van der Waals surface area (Å²) in [5.74, 6) is 0. The molecule has 60 valence electrons. The minimum absolute atomic E-state index is 0.298. The molecule has 1 heterocycles. The number of hydrogen-bond donors (Lipinski definition) is 0. The van der Waals surface area contributed by atoms with Gasteiger partial charge >= 0.3 is 5.63 Å². The molecule has 0 aliphatic heterocycles. The van der Waals surface area contributed by atoms with Gasteiger partial charge in [-0.05, 0) is 12.3 Å². The third-order valence-electron chi connectivity index (χ3n) is 1.82. The Morgan fingerprint density at radius 3 is 2.83 bits per heavy atom. The number of benzene rings is 1. The first-order valence-electron chi connectivity index (χ1n) is 3.75. The van der Waals surface area contributed by atoms with E-state index in [-0.39, 0.29) is 5.63 Å². The fourth-order valence-corrected chi connectivity index (χ4v) is 1.21. The van der Waals surface area contributed by atoms with E-state index in [1.165, 1.54) is 12.3 Å². The van der Waals surface area contributed by atoms with E-state index in [0.29, 0.717) is 0 Å². The molecule has 1 aromatic heterocycles. The fourth-order valence-electron chi connectivity index (χ4n) is 1.21. The van der Waals surface area contributed by atoms with Gasteiger partial charge in [0.1, 0.15) is 6.26 Å². The predicted molar refractivity (Wildman–Crippen MR) is 47.2 cm³/mol. The molecule has 0 spiro atoms. The number of aryl methyl sites for hydroxylation is 1. The summed E-state index contributed by atoms with van der Waals surface area (Å²) in [5.41, 5.74) is 0.848. The maximum absolute atomic E-state index is 10.8. The van der Waals surface area contributed by atoms with Crippen LogP contribution in [-0.4, -0.2) is 0 Å². The molecule has 2 nitrogen and oxygen atoms in total. The molecule has 12 heavy (non-hydrogen) atoms. The lowest BCUT2D eigenvalue weighted by Crippen LogP contribution is -1.93. The molecule has 2 rings (SSSR count). The van der Waals surface area contributed by atoms with E-state index in [1.807, 2.05) is 25.1 Å². The van der Waals surface area contributed by atoms with Crippen molar-refractivity contribution < 1.29 is 4.42 Å². The number of rotatable bonds is 0. The van der Waals surface area contributed by atoms with Gasteiger partial charge in [-0.3, -0.25) is 0 Å². The van der Waals surface area contributed by atoms with Crippen LogP contribution >= 0.6 is 0 Å². The van der Waals surface area contributed by atoms with Crippen molar-refractivity contribution in [2.24, 2.45) is 0 Å². The maximum Gasteiger partial charge on any atom is 0.336 e. The van der Waals surface area contributed by atoms with Gasteiger partial charge in [-0.25, -0.2) is 4.79 Å². The number of fused-ring (bicyclic) bond motifs is 1. The molecule has 0 bridgehead atoms. The molecule has 0 amide bonds. The third-order valence-corrected chi connectivity index (χ3v) is 1.82. The quantitative estimate of drug-likeness (QED) is 0.590. The van der Waals surface area contributed by atoms with Crippen LogP contribution in [0.5, 0.6) is 0 Å². The summed E-state index contributed by atoms with van der Waals surface area (Å²) in [5, 5.41) is 1.89. The van der Waals surface area contributed by atoms with Gasteiger partial charge in [-0.1, -0.05) is 23.8 Å². The normalized spacial score (nSPS) is 10.4. The summed E-state index contributed by atoms with van der Waals surface area (Å²) < 4.78 is 4.72. The highest BCUT2D eigenvalue weighted by Gasteiger charge is 1.94. The Morgan fingerprint density at radius 1 is 1.17 bits per heavy atom. The average Bonchev–Trinajstić information content (AvgIpc) is 2.03. The molecule has 0 saturated carbocycles. The molecule has 0 aliphatic carbocycles. The molecule has 0 N–H and O–H groups in total. The molecule has 0 atom stereocenters. The lowest BCUT2D eigenvalue weighted by atomic mass is 10.1. The van der Waals surface area contributed by atoms with Gasteiger partial charge in [0.2, 0.25) is 0 Å². The SMILES string of the molecule is Cc1ccc2coc(=O)cc2c1. The van der Waals surface area contributed by atoms with Crippen molar-refractivity contribution in [2.45, 2.75) is 6.92 Å². The van der Waals surface area contributed by atoms with Crippen molar-refractivity contribution >= 4 is 10.8 Å². The second kappa shape index (κ2) is 2.48. The van der Waals surface area contributed by atoms with E-state index >= 15 is 0 Å². The predicted octanol–water partition coefficient (Wildman–Crippen LogP) is 2.10. The largest absolute Gasteiger partial charge is 0.431 e. The molecule has 0 radical (unpaired) electrons. The van der Waals surface area contributed by atoms with E-state index < -0.39 is 0 Å². The maximum atomic E-state index is 10.8. The molecular weight excluding hydrogens is 152 g/mol. The first-order valence-corrected chi connectivity index (χ1v) is 3.75. The first kappa shape index (κ1) is 7.10. The van der Waals surface area contributed by atoms with Gasteiger partial charge in [0, 0.05) is 11.5 Å². The summed E-state index contributed by atoms with van der Waals surface area (Å²) in [7, 11) is 0. The van der Waals surface area contributed by atoms with Crippen molar-refractivity contribution in [1.29, 1.82) is 0 Å². The zero-order chi connectivity index (χ0) is 8.55. The summed E-state index contributed by atoms with van der Waals surface area (Å²) >= 11 is 0. The van der Waals surface area contributed by atoms with Gasteiger partial charge in [0.05, 0.1) is 0 Å². The highest BCUT2D eigenvalue weighted by molar-refractivity contribution is 5.81. The van der Waals surface area contributed by atoms with Gasteiger partial charge in [-0.15, -0.1) is 0 Å². The Balaban J connectivity index is 2.89. The zero-order valence-corrected chi connectivity index (χ0v) is 6.70.